The average molecular weight is 180 g/mol. The number of amidine groups is 1. The monoisotopic (exact) mass is 180 g/mol. The van der Waals surface area contributed by atoms with Gasteiger partial charge in [-0.15, -0.1) is 0 Å². The van der Waals surface area contributed by atoms with Gasteiger partial charge in [-0.05, 0) is 12.1 Å². The van der Waals surface area contributed by atoms with Gasteiger partial charge in [0.05, 0.1) is 11.5 Å². The molecule has 0 aliphatic rings. The van der Waals surface area contributed by atoms with Crippen LogP contribution >= 0.6 is 0 Å². The normalized spacial score (nSPS) is 9.77. The third kappa shape index (κ3) is 2.05. The van der Waals surface area contributed by atoms with Crippen LogP contribution in [0.15, 0.2) is 24.3 Å². The van der Waals surface area contributed by atoms with E-state index in [9.17, 15) is 4.39 Å². The molecule has 0 fully saturated rings. The Bertz CT molecular complexity index is 310. The summed E-state index contributed by atoms with van der Waals surface area (Å²) in [6.07, 6.45) is 0.602. The van der Waals surface area contributed by atoms with Crippen LogP contribution in [0.25, 0.3) is 0 Å². The maximum Gasteiger partial charge on any atom is 0.146 e. The van der Waals surface area contributed by atoms with Gasteiger partial charge in [0, 0.05) is 13.5 Å². The second-order valence-electron chi connectivity index (χ2n) is 2.81. The van der Waals surface area contributed by atoms with E-state index in [0.717, 1.165) is 0 Å². The molecule has 0 saturated carbocycles. The summed E-state index contributed by atoms with van der Waals surface area (Å²) in [6.45, 7) is 1.87. The molecule has 70 valence electrons. The highest BCUT2D eigenvalue weighted by Gasteiger charge is 2.08. The molecule has 0 saturated heterocycles. The molecule has 0 radical (unpaired) electrons. The lowest BCUT2D eigenvalue weighted by Gasteiger charge is -2.19. The van der Waals surface area contributed by atoms with Crippen molar-refractivity contribution in [3.05, 3.63) is 30.1 Å². The van der Waals surface area contributed by atoms with E-state index in [1.54, 1.807) is 30.1 Å². The van der Waals surface area contributed by atoms with Gasteiger partial charge in [0.25, 0.3) is 0 Å². The third-order valence-corrected chi connectivity index (χ3v) is 1.95. The van der Waals surface area contributed by atoms with Crippen molar-refractivity contribution in [3.8, 4) is 0 Å². The van der Waals surface area contributed by atoms with Gasteiger partial charge in [0.2, 0.25) is 0 Å². The Hall–Kier alpha value is -1.38. The predicted molar refractivity (Wildman–Crippen MR) is 52.8 cm³/mol. The summed E-state index contributed by atoms with van der Waals surface area (Å²) in [5, 5.41) is 7.54. The van der Waals surface area contributed by atoms with E-state index in [2.05, 4.69) is 0 Å². The smallest absolute Gasteiger partial charge is 0.146 e. The molecule has 0 aliphatic heterocycles. The summed E-state index contributed by atoms with van der Waals surface area (Å²) in [6, 6.07) is 6.47. The molecule has 0 atom stereocenters. The van der Waals surface area contributed by atoms with E-state index in [-0.39, 0.29) is 5.82 Å². The number of rotatable bonds is 2. The molecule has 1 aromatic carbocycles. The maximum absolute atomic E-state index is 13.2. The SMILES string of the molecule is CCC(=N)N(C)c1ccccc1F. The van der Waals surface area contributed by atoms with Crippen LogP contribution in [0.4, 0.5) is 10.1 Å². The van der Waals surface area contributed by atoms with E-state index in [1.165, 1.54) is 6.07 Å². The van der Waals surface area contributed by atoms with Gasteiger partial charge in [-0.1, -0.05) is 19.1 Å². The largest absolute Gasteiger partial charge is 0.331 e. The van der Waals surface area contributed by atoms with Gasteiger partial charge in [-0.3, -0.25) is 5.41 Å². The lowest BCUT2D eigenvalue weighted by molar-refractivity contribution is 0.628. The van der Waals surface area contributed by atoms with E-state index in [0.29, 0.717) is 17.9 Å². The van der Waals surface area contributed by atoms with E-state index < -0.39 is 0 Å². The molecule has 0 aliphatic carbocycles. The first-order chi connectivity index (χ1) is 6.16. The number of benzene rings is 1. The molecule has 0 spiro atoms. The summed E-state index contributed by atoms with van der Waals surface area (Å²) in [5.41, 5.74) is 0.453. The summed E-state index contributed by atoms with van der Waals surface area (Å²) in [4.78, 5) is 1.55. The Balaban J connectivity index is 2.95. The van der Waals surface area contributed by atoms with Crippen LogP contribution in [-0.4, -0.2) is 12.9 Å². The van der Waals surface area contributed by atoms with Gasteiger partial charge in [0.1, 0.15) is 5.82 Å². The maximum atomic E-state index is 13.2. The number of nitrogens with zero attached hydrogens (tertiary/aromatic N) is 1. The number of nitrogens with one attached hydrogen (secondary N) is 1. The molecular weight excluding hydrogens is 167 g/mol. The van der Waals surface area contributed by atoms with Gasteiger partial charge in [-0.2, -0.15) is 0 Å². The minimum absolute atomic E-state index is 0.289. The molecule has 1 aromatic rings. The zero-order valence-corrected chi connectivity index (χ0v) is 7.84. The number of anilines is 1. The van der Waals surface area contributed by atoms with Crippen molar-refractivity contribution in [2.24, 2.45) is 0 Å². The highest BCUT2D eigenvalue weighted by atomic mass is 19.1. The third-order valence-electron chi connectivity index (χ3n) is 1.95. The molecule has 1 N–H and O–H groups in total. The van der Waals surface area contributed by atoms with Crippen LogP contribution < -0.4 is 4.90 Å². The lowest BCUT2D eigenvalue weighted by atomic mass is 10.2. The zero-order valence-electron chi connectivity index (χ0n) is 7.84. The highest BCUT2D eigenvalue weighted by Crippen LogP contribution is 2.17. The van der Waals surface area contributed by atoms with Crippen molar-refractivity contribution >= 4 is 11.5 Å². The zero-order chi connectivity index (χ0) is 9.84. The summed E-state index contributed by atoms with van der Waals surface area (Å²) < 4.78 is 13.2. The van der Waals surface area contributed by atoms with Crippen molar-refractivity contribution in [1.29, 1.82) is 5.41 Å². The molecule has 0 heterocycles. The second-order valence-corrected chi connectivity index (χ2v) is 2.81. The van der Waals surface area contributed by atoms with Gasteiger partial charge >= 0.3 is 0 Å². The van der Waals surface area contributed by atoms with E-state index >= 15 is 0 Å². The fraction of sp³-hybridized carbons (Fsp3) is 0.300. The van der Waals surface area contributed by atoms with Crippen LogP contribution in [0.1, 0.15) is 13.3 Å². The number of hydrogen-bond donors (Lipinski definition) is 1. The molecule has 0 aromatic heterocycles. The first kappa shape index (κ1) is 9.71. The van der Waals surface area contributed by atoms with Crippen molar-refractivity contribution < 1.29 is 4.39 Å². The topological polar surface area (TPSA) is 27.1 Å². The van der Waals surface area contributed by atoms with Crippen molar-refractivity contribution in [2.75, 3.05) is 11.9 Å². The summed E-state index contributed by atoms with van der Waals surface area (Å²) in [7, 11) is 1.70. The lowest BCUT2D eigenvalue weighted by Crippen LogP contribution is -2.25. The van der Waals surface area contributed by atoms with Crippen LogP contribution in [0.2, 0.25) is 0 Å². The Kier molecular flexibility index (Phi) is 3.01. The Morgan fingerprint density at radius 2 is 2.08 bits per heavy atom. The van der Waals surface area contributed by atoms with Gasteiger partial charge < -0.3 is 4.90 Å². The fourth-order valence-electron chi connectivity index (χ4n) is 1.11. The number of halogens is 1. The average Bonchev–Trinajstić information content (AvgIpc) is 2.16. The van der Waals surface area contributed by atoms with Crippen LogP contribution in [0, 0.1) is 11.2 Å². The Morgan fingerprint density at radius 1 is 1.46 bits per heavy atom. The van der Waals surface area contributed by atoms with Crippen molar-refractivity contribution in [1.82, 2.24) is 0 Å². The first-order valence-corrected chi connectivity index (χ1v) is 4.22. The number of hydrogen-bond acceptors (Lipinski definition) is 1. The Morgan fingerprint density at radius 3 is 2.62 bits per heavy atom. The molecule has 1 rings (SSSR count). The van der Waals surface area contributed by atoms with Gasteiger partial charge in [0.15, 0.2) is 0 Å². The molecule has 2 nitrogen and oxygen atoms in total. The van der Waals surface area contributed by atoms with E-state index in [4.69, 9.17) is 5.41 Å². The minimum atomic E-state index is -0.289. The second kappa shape index (κ2) is 4.03. The molecule has 3 heteroatoms. The molecule has 0 bridgehead atoms. The van der Waals surface area contributed by atoms with Crippen molar-refractivity contribution in [2.45, 2.75) is 13.3 Å². The Labute approximate surface area is 77.5 Å². The minimum Gasteiger partial charge on any atom is -0.331 e. The fourth-order valence-corrected chi connectivity index (χ4v) is 1.11. The predicted octanol–water partition coefficient (Wildman–Crippen LogP) is 2.65. The summed E-state index contributed by atoms with van der Waals surface area (Å²) in [5.74, 6) is 0.119. The molecule has 0 unspecified atom stereocenters. The summed E-state index contributed by atoms with van der Waals surface area (Å²) >= 11 is 0. The molecule has 13 heavy (non-hydrogen) atoms. The van der Waals surface area contributed by atoms with Crippen LogP contribution in [0.5, 0.6) is 0 Å². The van der Waals surface area contributed by atoms with Gasteiger partial charge in [-0.25, -0.2) is 4.39 Å². The molecular formula is C10H13FN2. The van der Waals surface area contributed by atoms with E-state index in [1.807, 2.05) is 6.92 Å². The first-order valence-electron chi connectivity index (χ1n) is 4.22. The van der Waals surface area contributed by atoms with Crippen molar-refractivity contribution in [3.63, 3.8) is 0 Å². The number of para-hydroxylation sites is 1. The quantitative estimate of drug-likeness (QED) is 0.549. The standard InChI is InChI=1S/C10H13FN2/c1-3-10(12)13(2)9-7-5-4-6-8(9)11/h4-7,12H,3H2,1-2H3. The van der Waals surface area contributed by atoms with Crippen LogP contribution in [-0.2, 0) is 0 Å². The van der Waals surface area contributed by atoms with Crippen LogP contribution in [0.3, 0.4) is 0 Å². The molecule has 0 amide bonds. The highest BCUT2D eigenvalue weighted by molar-refractivity contribution is 5.94.